The Balaban J connectivity index is 2.14. The zero-order valence-corrected chi connectivity index (χ0v) is 13.1. The van der Waals surface area contributed by atoms with Crippen LogP contribution in [0, 0.1) is 22.7 Å². The molecule has 0 unspecified atom stereocenters. The van der Waals surface area contributed by atoms with Gasteiger partial charge in [-0.3, -0.25) is 9.59 Å². The van der Waals surface area contributed by atoms with Gasteiger partial charge in [-0.05, 0) is 43.9 Å². The standard InChI is InChI=1S/C16H27NO3/c1-11-6-9-17(10-7-11)13(18)12-5-8-16(4,14(19)20)15(12,2)3/h11-12H,5-10H2,1-4H3,(H,19,20)/t12-,16-/m1/s1. The van der Waals surface area contributed by atoms with Crippen LogP contribution in [0.3, 0.4) is 0 Å². The summed E-state index contributed by atoms with van der Waals surface area (Å²) in [5.74, 6) is -0.0612. The van der Waals surface area contributed by atoms with Crippen molar-refractivity contribution < 1.29 is 14.7 Å². The molecule has 0 aromatic heterocycles. The van der Waals surface area contributed by atoms with Gasteiger partial charge in [0, 0.05) is 19.0 Å². The second kappa shape index (κ2) is 5.05. The summed E-state index contributed by atoms with van der Waals surface area (Å²) in [6, 6.07) is 0. The Morgan fingerprint density at radius 2 is 1.65 bits per heavy atom. The third-order valence-corrected chi connectivity index (χ3v) is 6.09. The Morgan fingerprint density at radius 1 is 1.10 bits per heavy atom. The maximum Gasteiger partial charge on any atom is 0.309 e. The first-order chi connectivity index (χ1) is 9.20. The molecule has 2 rings (SSSR count). The molecule has 0 aromatic carbocycles. The van der Waals surface area contributed by atoms with E-state index in [-0.39, 0.29) is 11.8 Å². The van der Waals surface area contributed by atoms with E-state index in [1.807, 2.05) is 18.7 Å². The third-order valence-electron chi connectivity index (χ3n) is 6.09. The van der Waals surface area contributed by atoms with Gasteiger partial charge >= 0.3 is 5.97 Å². The number of hydrogen-bond donors (Lipinski definition) is 1. The molecule has 114 valence electrons. The quantitative estimate of drug-likeness (QED) is 0.846. The van der Waals surface area contributed by atoms with Crippen molar-refractivity contribution in [3.63, 3.8) is 0 Å². The normalized spacial score (nSPS) is 34.2. The van der Waals surface area contributed by atoms with Gasteiger partial charge in [-0.1, -0.05) is 20.8 Å². The number of carbonyl (C=O) groups excluding carboxylic acids is 1. The van der Waals surface area contributed by atoms with Gasteiger partial charge in [0.25, 0.3) is 0 Å². The average Bonchev–Trinajstić information content (AvgIpc) is 2.62. The molecule has 0 radical (unpaired) electrons. The predicted molar refractivity (Wildman–Crippen MR) is 77.2 cm³/mol. The Labute approximate surface area is 121 Å². The second-order valence-corrected chi connectivity index (χ2v) is 7.46. The number of rotatable bonds is 2. The lowest BCUT2D eigenvalue weighted by Crippen LogP contribution is -2.48. The lowest BCUT2D eigenvalue weighted by atomic mass is 9.65. The van der Waals surface area contributed by atoms with Crippen molar-refractivity contribution in [1.82, 2.24) is 4.90 Å². The molecule has 2 atom stereocenters. The number of carbonyl (C=O) groups is 2. The van der Waals surface area contributed by atoms with Gasteiger partial charge in [-0.2, -0.15) is 0 Å². The van der Waals surface area contributed by atoms with E-state index < -0.39 is 16.8 Å². The number of nitrogens with zero attached hydrogens (tertiary/aromatic N) is 1. The zero-order chi connectivity index (χ0) is 15.1. The summed E-state index contributed by atoms with van der Waals surface area (Å²) in [5.41, 5.74) is -1.28. The molecule has 2 aliphatic rings. The van der Waals surface area contributed by atoms with Crippen LogP contribution in [0.25, 0.3) is 0 Å². The van der Waals surface area contributed by atoms with Crippen LogP contribution in [-0.4, -0.2) is 35.0 Å². The van der Waals surface area contributed by atoms with Gasteiger partial charge in [0.05, 0.1) is 5.41 Å². The fraction of sp³-hybridized carbons (Fsp3) is 0.875. The fourth-order valence-electron chi connectivity index (χ4n) is 3.76. The van der Waals surface area contributed by atoms with Crippen LogP contribution in [0.5, 0.6) is 0 Å². The third kappa shape index (κ3) is 2.23. The van der Waals surface area contributed by atoms with Gasteiger partial charge in [-0.15, -0.1) is 0 Å². The number of amides is 1. The number of carboxylic acids is 1. The summed E-state index contributed by atoms with van der Waals surface area (Å²) in [4.78, 5) is 26.3. The molecule has 1 amide bonds. The molecule has 20 heavy (non-hydrogen) atoms. The molecule has 1 aliphatic heterocycles. The highest BCUT2D eigenvalue weighted by atomic mass is 16.4. The SMILES string of the molecule is CC1CCN(C(=O)[C@H]2CC[C@](C)(C(=O)O)C2(C)C)CC1. The largest absolute Gasteiger partial charge is 0.481 e. The molecule has 1 heterocycles. The first-order valence-electron chi connectivity index (χ1n) is 7.72. The lowest BCUT2D eigenvalue weighted by molar-refractivity contribution is -0.156. The van der Waals surface area contributed by atoms with E-state index in [1.54, 1.807) is 6.92 Å². The first kappa shape index (κ1) is 15.3. The molecule has 1 aliphatic carbocycles. The molecule has 2 fully saturated rings. The number of piperidine rings is 1. The molecule has 4 nitrogen and oxygen atoms in total. The smallest absolute Gasteiger partial charge is 0.309 e. The molecule has 1 saturated heterocycles. The summed E-state index contributed by atoms with van der Waals surface area (Å²) >= 11 is 0. The Morgan fingerprint density at radius 3 is 2.10 bits per heavy atom. The van der Waals surface area contributed by atoms with Crippen molar-refractivity contribution in [2.75, 3.05) is 13.1 Å². The summed E-state index contributed by atoms with van der Waals surface area (Å²) in [5, 5.41) is 9.53. The maximum absolute atomic E-state index is 12.8. The van der Waals surface area contributed by atoms with Crippen LogP contribution in [-0.2, 0) is 9.59 Å². The number of likely N-dealkylation sites (tertiary alicyclic amines) is 1. The fourth-order valence-corrected chi connectivity index (χ4v) is 3.76. The van der Waals surface area contributed by atoms with E-state index in [2.05, 4.69) is 6.92 Å². The minimum absolute atomic E-state index is 0.156. The van der Waals surface area contributed by atoms with Gasteiger partial charge in [0.2, 0.25) is 5.91 Å². The minimum Gasteiger partial charge on any atom is -0.481 e. The van der Waals surface area contributed by atoms with Gasteiger partial charge in [0.1, 0.15) is 0 Å². The van der Waals surface area contributed by atoms with Crippen LogP contribution in [0.2, 0.25) is 0 Å². The van der Waals surface area contributed by atoms with E-state index in [4.69, 9.17) is 0 Å². The highest BCUT2D eigenvalue weighted by Crippen LogP contribution is 2.56. The molecule has 1 saturated carbocycles. The average molecular weight is 281 g/mol. The van der Waals surface area contributed by atoms with Crippen molar-refractivity contribution in [3.8, 4) is 0 Å². The number of hydrogen-bond acceptors (Lipinski definition) is 2. The first-order valence-corrected chi connectivity index (χ1v) is 7.72. The highest BCUT2D eigenvalue weighted by Gasteiger charge is 2.58. The molecule has 1 N–H and O–H groups in total. The summed E-state index contributed by atoms with van der Waals surface area (Å²) in [6.07, 6.45) is 3.42. The number of carboxylic acid groups (broad SMARTS) is 1. The van der Waals surface area contributed by atoms with E-state index in [9.17, 15) is 14.7 Å². The monoisotopic (exact) mass is 281 g/mol. The zero-order valence-electron chi connectivity index (χ0n) is 13.1. The van der Waals surface area contributed by atoms with Gasteiger partial charge in [-0.25, -0.2) is 0 Å². The van der Waals surface area contributed by atoms with E-state index in [0.717, 1.165) is 25.9 Å². The summed E-state index contributed by atoms with van der Waals surface area (Å²) in [6.45, 7) is 9.57. The summed E-state index contributed by atoms with van der Waals surface area (Å²) in [7, 11) is 0. The second-order valence-electron chi connectivity index (χ2n) is 7.46. The lowest BCUT2D eigenvalue weighted by Gasteiger charge is -2.40. The molecule has 0 bridgehead atoms. The van der Waals surface area contributed by atoms with Crippen molar-refractivity contribution in [1.29, 1.82) is 0 Å². The molecule has 4 heteroatoms. The van der Waals surface area contributed by atoms with Crippen molar-refractivity contribution >= 4 is 11.9 Å². The Kier molecular flexibility index (Phi) is 3.87. The Bertz CT molecular complexity index is 410. The predicted octanol–water partition coefficient (Wildman–Crippen LogP) is 2.77. The number of aliphatic carboxylic acids is 1. The topological polar surface area (TPSA) is 57.6 Å². The van der Waals surface area contributed by atoms with E-state index in [0.29, 0.717) is 18.8 Å². The highest BCUT2D eigenvalue weighted by molar-refractivity contribution is 5.84. The molecule has 0 aromatic rings. The van der Waals surface area contributed by atoms with Crippen LogP contribution >= 0.6 is 0 Å². The van der Waals surface area contributed by atoms with Gasteiger partial charge in [0.15, 0.2) is 0 Å². The van der Waals surface area contributed by atoms with Crippen molar-refractivity contribution in [2.45, 2.75) is 53.4 Å². The van der Waals surface area contributed by atoms with E-state index >= 15 is 0 Å². The van der Waals surface area contributed by atoms with Crippen LogP contribution in [0.4, 0.5) is 0 Å². The van der Waals surface area contributed by atoms with Crippen LogP contribution in [0.1, 0.15) is 53.4 Å². The summed E-state index contributed by atoms with van der Waals surface area (Å²) < 4.78 is 0. The molecular formula is C16H27NO3. The molecule has 0 spiro atoms. The van der Waals surface area contributed by atoms with Crippen molar-refractivity contribution in [3.05, 3.63) is 0 Å². The minimum atomic E-state index is -0.795. The van der Waals surface area contributed by atoms with E-state index in [1.165, 1.54) is 0 Å². The maximum atomic E-state index is 12.8. The van der Waals surface area contributed by atoms with Gasteiger partial charge < -0.3 is 10.0 Å². The van der Waals surface area contributed by atoms with Crippen LogP contribution < -0.4 is 0 Å². The van der Waals surface area contributed by atoms with Crippen molar-refractivity contribution in [2.24, 2.45) is 22.7 Å². The molecular weight excluding hydrogens is 254 g/mol. The Hall–Kier alpha value is -1.06. The van der Waals surface area contributed by atoms with Crippen LogP contribution in [0.15, 0.2) is 0 Å².